The minimum absolute atomic E-state index is 0.586. The van der Waals surface area contributed by atoms with Crippen molar-refractivity contribution in [1.82, 2.24) is 19.5 Å². The van der Waals surface area contributed by atoms with Gasteiger partial charge in [0.15, 0.2) is 11.6 Å². The second-order valence-electron chi connectivity index (χ2n) is 16.7. The molecule has 3 heterocycles. The van der Waals surface area contributed by atoms with E-state index in [9.17, 15) is 0 Å². The lowest BCUT2D eigenvalue weighted by Gasteiger charge is -2.15. The molecule has 0 aliphatic heterocycles. The first-order valence-electron chi connectivity index (χ1n) is 22.1. The van der Waals surface area contributed by atoms with Crippen molar-refractivity contribution in [2.75, 3.05) is 0 Å². The molecule has 0 atom stereocenters. The number of hydrogen-bond acceptors (Lipinski definition) is 4. The molecule has 13 rings (SSSR count). The van der Waals surface area contributed by atoms with Crippen molar-refractivity contribution in [3.05, 3.63) is 230 Å². The smallest absolute Gasteiger partial charge is 0.238 e. The number of benzene rings is 9. The van der Waals surface area contributed by atoms with Gasteiger partial charge in [-0.15, -0.1) is 11.3 Å². The Balaban J connectivity index is 1.09. The molecule has 9 aromatic carbocycles. The van der Waals surface area contributed by atoms with Gasteiger partial charge in [-0.05, 0) is 62.2 Å². The van der Waals surface area contributed by atoms with Crippen LogP contribution in [0.2, 0.25) is 0 Å². The number of nitrogens with zero attached hydrogens (tertiary/aromatic N) is 4. The molecule has 0 fully saturated rings. The summed E-state index contributed by atoms with van der Waals surface area (Å²) in [6.45, 7) is 0. The van der Waals surface area contributed by atoms with Crippen LogP contribution in [-0.2, 0) is 6.42 Å². The van der Waals surface area contributed by atoms with Crippen molar-refractivity contribution < 1.29 is 0 Å². The zero-order valence-electron chi connectivity index (χ0n) is 35.2. The summed E-state index contributed by atoms with van der Waals surface area (Å²) in [6, 6.07) is 78.3. The normalized spacial score (nSPS) is 11.9. The molecule has 3 aromatic heterocycles. The Bertz CT molecular complexity index is 3670. The average molecular weight is 847 g/mol. The first kappa shape index (κ1) is 37.3. The maximum Gasteiger partial charge on any atom is 0.238 e. The highest BCUT2D eigenvalue weighted by molar-refractivity contribution is 7.25. The first-order valence-corrected chi connectivity index (χ1v) is 22.9. The molecule has 0 saturated carbocycles. The maximum absolute atomic E-state index is 5.50. The van der Waals surface area contributed by atoms with Crippen molar-refractivity contribution in [2.24, 2.45) is 0 Å². The molecule has 0 amide bonds. The molecule has 0 spiro atoms. The first-order chi connectivity index (χ1) is 32.2. The largest absolute Gasteiger partial charge is 0.281 e. The Hall–Kier alpha value is -8.25. The van der Waals surface area contributed by atoms with E-state index in [4.69, 9.17) is 15.0 Å². The highest BCUT2D eigenvalue weighted by Crippen LogP contribution is 2.48. The summed E-state index contributed by atoms with van der Waals surface area (Å²) in [4.78, 5) is 16.3. The quantitative estimate of drug-likeness (QED) is 0.167. The summed E-state index contributed by atoms with van der Waals surface area (Å²) >= 11 is 1.85. The fraction of sp³-hybridized carbons (Fsp3) is 0.0167. The van der Waals surface area contributed by atoms with Crippen molar-refractivity contribution in [3.8, 4) is 84.4 Å². The fourth-order valence-corrected chi connectivity index (χ4v) is 11.0. The molecule has 0 bridgehead atoms. The minimum Gasteiger partial charge on any atom is -0.281 e. The Morgan fingerprint density at radius 2 is 0.862 bits per heavy atom. The van der Waals surface area contributed by atoms with E-state index in [2.05, 4.69) is 223 Å². The number of rotatable bonds is 6. The molecule has 65 heavy (non-hydrogen) atoms. The lowest BCUT2D eigenvalue weighted by molar-refractivity contribution is 0.887. The lowest BCUT2D eigenvalue weighted by atomic mass is 9.93. The third-order valence-electron chi connectivity index (χ3n) is 13.0. The van der Waals surface area contributed by atoms with Crippen molar-refractivity contribution in [1.29, 1.82) is 0 Å². The van der Waals surface area contributed by atoms with Gasteiger partial charge in [-0.1, -0.05) is 206 Å². The van der Waals surface area contributed by atoms with Crippen LogP contribution in [0.1, 0.15) is 11.3 Å². The molecule has 1 aliphatic carbocycles. The van der Waals surface area contributed by atoms with Gasteiger partial charge in [0.05, 0.1) is 5.52 Å². The van der Waals surface area contributed by atoms with E-state index in [1.165, 1.54) is 48.0 Å². The lowest BCUT2D eigenvalue weighted by Crippen LogP contribution is -2.10. The second-order valence-corrected chi connectivity index (χ2v) is 17.8. The Labute approximate surface area is 380 Å². The summed E-state index contributed by atoms with van der Waals surface area (Å²) in [5, 5.41) is 3.74. The van der Waals surface area contributed by atoms with E-state index >= 15 is 0 Å². The zero-order chi connectivity index (χ0) is 42.8. The molecule has 304 valence electrons. The molecule has 5 heteroatoms. The predicted octanol–water partition coefficient (Wildman–Crippen LogP) is 15.8. The number of hydrogen-bond donors (Lipinski definition) is 0. The molecule has 0 radical (unpaired) electrons. The molecular weight excluding hydrogens is 809 g/mol. The van der Waals surface area contributed by atoms with Crippen LogP contribution in [-0.4, -0.2) is 19.5 Å². The molecule has 4 nitrogen and oxygen atoms in total. The van der Waals surface area contributed by atoms with Gasteiger partial charge in [-0.25, -0.2) is 4.98 Å². The van der Waals surface area contributed by atoms with Gasteiger partial charge < -0.3 is 0 Å². The third kappa shape index (κ3) is 6.31. The van der Waals surface area contributed by atoms with Gasteiger partial charge in [-0.3, -0.25) is 4.57 Å². The number of para-hydroxylation sites is 1. The van der Waals surface area contributed by atoms with Crippen LogP contribution >= 0.6 is 11.3 Å². The van der Waals surface area contributed by atoms with Gasteiger partial charge >= 0.3 is 0 Å². The molecule has 0 saturated heterocycles. The molecule has 0 unspecified atom stereocenters. The summed E-state index contributed by atoms with van der Waals surface area (Å²) in [5.74, 6) is 1.82. The molecule has 0 N–H and O–H groups in total. The van der Waals surface area contributed by atoms with Crippen molar-refractivity contribution in [3.63, 3.8) is 0 Å². The van der Waals surface area contributed by atoms with Crippen LogP contribution in [0.25, 0.3) is 115 Å². The third-order valence-corrected chi connectivity index (χ3v) is 14.1. The van der Waals surface area contributed by atoms with Crippen molar-refractivity contribution in [2.45, 2.75) is 6.42 Å². The van der Waals surface area contributed by atoms with Crippen LogP contribution in [0.3, 0.4) is 0 Å². The SMILES string of the molecule is c1ccc(-c2ccc(-c3nc(-c4ccc(-c5ccccc5)cc4)nc(-n4c5c(c6cccc(-c7ccc8c(c7)sc7ccccc78)c64)-c4ccccc4-c4ccccc4C5)n3)cc2)cc1. The monoisotopic (exact) mass is 846 g/mol. The number of thiophene rings is 1. The summed E-state index contributed by atoms with van der Waals surface area (Å²) in [5.41, 5.74) is 17.1. The van der Waals surface area contributed by atoms with Gasteiger partial charge in [0.25, 0.3) is 0 Å². The van der Waals surface area contributed by atoms with E-state index in [-0.39, 0.29) is 0 Å². The number of aromatic nitrogens is 4. The topological polar surface area (TPSA) is 43.6 Å². The van der Waals surface area contributed by atoms with E-state index in [0.717, 1.165) is 61.1 Å². The standard InChI is InChI=1S/C60H38N4S/c1-3-14-38(15-4-1)40-26-30-42(31-27-40)58-61-59(43-32-28-41(29-33-43)39-16-5-2-6-17-39)63-60(62-58)64-53-36-44-18-7-8-19-46(44)48-20-9-10-22-51(48)56(53)52-24-13-23-47(57(52)64)45-34-35-50-49-21-11-12-25-54(49)65-55(50)37-45/h1-35,37H,36H2. The van der Waals surface area contributed by atoms with Gasteiger partial charge in [-0.2, -0.15) is 9.97 Å². The second kappa shape index (κ2) is 15.2. The summed E-state index contributed by atoms with van der Waals surface area (Å²) < 4.78 is 4.92. The predicted molar refractivity (Wildman–Crippen MR) is 270 cm³/mol. The average Bonchev–Trinajstić information content (AvgIpc) is 3.87. The van der Waals surface area contributed by atoms with Gasteiger partial charge in [0, 0.05) is 59.9 Å². The van der Waals surface area contributed by atoms with E-state index in [1.807, 2.05) is 11.3 Å². The maximum atomic E-state index is 5.50. The fourth-order valence-electron chi connectivity index (χ4n) is 9.86. The number of fused-ring (bicyclic) bond motifs is 10. The van der Waals surface area contributed by atoms with E-state index < -0.39 is 0 Å². The molecular formula is C60H38N4S. The van der Waals surface area contributed by atoms with E-state index in [1.54, 1.807) is 0 Å². The molecule has 1 aliphatic rings. The van der Waals surface area contributed by atoms with Crippen LogP contribution in [0.4, 0.5) is 0 Å². The van der Waals surface area contributed by atoms with Crippen LogP contribution in [0.15, 0.2) is 218 Å². The highest BCUT2D eigenvalue weighted by atomic mass is 32.1. The summed E-state index contributed by atoms with van der Waals surface area (Å²) in [7, 11) is 0. The van der Waals surface area contributed by atoms with Crippen LogP contribution in [0.5, 0.6) is 0 Å². The van der Waals surface area contributed by atoms with Gasteiger partial charge in [0.2, 0.25) is 5.95 Å². The minimum atomic E-state index is 0.586. The Morgan fingerprint density at radius 1 is 0.354 bits per heavy atom. The molecule has 12 aromatic rings. The van der Waals surface area contributed by atoms with E-state index in [0.29, 0.717) is 24.0 Å². The highest BCUT2D eigenvalue weighted by Gasteiger charge is 2.29. The van der Waals surface area contributed by atoms with Crippen molar-refractivity contribution >= 4 is 42.4 Å². The van der Waals surface area contributed by atoms with Crippen LogP contribution in [0, 0.1) is 0 Å². The van der Waals surface area contributed by atoms with Gasteiger partial charge in [0.1, 0.15) is 0 Å². The zero-order valence-corrected chi connectivity index (χ0v) is 36.0. The Kier molecular flexibility index (Phi) is 8.74. The Morgan fingerprint density at radius 3 is 1.55 bits per heavy atom. The summed E-state index contributed by atoms with van der Waals surface area (Å²) in [6.07, 6.45) is 0.692. The van der Waals surface area contributed by atoms with Crippen LogP contribution < -0.4 is 0 Å².